The predicted octanol–water partition coefficient (Wildman–Crippen LogP) is 3.34. The van der Waals surface area contributed by atoms with Crippen molar-refractivity contribution in [2.24, 2.45) is 5.92 Å². The third kappa shape index (κ3) is 3.56. The molecule has 1 aromatic carbocycles. The molecule has 0 aliphatic heterocycles. The summed E-state index contributed by atoms with van der Waals surface area (Å²) in [5.41, 5.74) is 2.11. The number of carbonyl (C=O) groups excluding carboxylic acids is 1. The van der Waals surface area contributed by atoms with Crippen LogP contribution in [0, 0.1) is 5.92 Å². The lowest BCUT2D eigenvalue weighted by atomic mass is 10.1. The number of hydrogen-bond acceptors (Lipinski definition) is 3. The van der Waals surface area contributed by atoms with Crippen molar-refractivity contribution in [2.45, 2.75) is 18.9 Å². The Morgan fingerprint density at radius 3 is 2.96 bits per heavy atom. The molecule has 0 saturated heterocycles. The van der Waals surface area contributed by atoms with E-state index in [2.05, 4.69) is 15.3 Å². The Morgan fingerprint density at radius 1 is 1.32 bits per heavy atom. The average Bonchev–Trinajstić information content (AvgIpc) is 3.25. The molecule has 2 atom stereocenters. The van der Waals surface area contributed by atoms with Gasteiger partial charge in [0.25, 0.3) is 0 Å². The topological polar surface area (TPSA) is 59.8 Å². The molecule has 5 nitrogen and oxygen atoms in total. The monoisotopic (exact) mass is 352 g/mol. The maximum Gasteiger partial charge on any atom is 0.224 e. The standard InChI is InChI=1S/C19H17ClN4O/c20-15-3-1-2-14(8-15)16-9-17(16)19(25)23-11-13-4-5-18(22-10-13)24-7-6-21-12-24/h1-8,10,12,16-17H,9,11H2,(H,23,25)/t16-,17+/m1/s1. The summed E-state index contributed by atoms with van der Waals surface area (Å²) in [6.45, 7) is 0.481. The van der Waals surface area contributed by atoms with Crippen LogP contribution in [0.4, 0.5) is 0 Å². The van der Waals surface area contributed by atoms with Gasteiger partial charge < -0.3 is 5.32 Å². The van der Waals surface area contributed by atoms with Crippen LogP contribution in [0.2, 0.25) is 5.02 Å². The second-order valence-electron chi connectivity index (χ2n) is 6.22. The molecule has 1 saturated carbocycles. The molecule has 0 bridgehead atoms. The molecule has 1 N–H and O–H groups in total. The van der Waals surface area contributed by atoms with E-state index in [9.17, 15) is 4.79 Å². The van der Waals surface area contributed by atoms with Gasteiger partial charge in [0.2, 0.25) is 5.91 Å². The predicted molar refractivity (Wildman–Crippen MR) is 95.5 cm³/mol. The number of imidazole rings is 1. The van der Waals surface area contributed by atoms with Crippen molar-refractivity contribution in [3.63, 3.8) is 0 Å². The number of nitrogens with one attached hydrogen (secondary N) is 1. The highest BCUT2D eigenvalue weighted by molar-refractivity contribution is 6.30. The normalized spacial score (nSPS) is 18.8. The van der Waals surface area contributed by atoms with E-state index in [1.165, 1.54) is 0 Å². The van der Waals surface area contributed by atoms with Crippen molar-refractivity contribution < 1.29 is 4.79 Å². The first-order chi connectivity index (χ1) is 12.2. The highest BCUT2D eigenvalue weighted by atomic mass is 35.5. The fourth-order valence-corrected chi connectivity index (χ4v) is 3.18. The molecule has 2 heterocycles. The number of pyridine rings is 1. The van der Waals surface area contributed by atoms with Gasteiger partial charge in [0.05, 0.1) is 0 Å². The molecular formula is C19H17ClN4O. The number of benzene rings is 1. The van der Waals surface area contributed by atoms with Crippen LogP contribution >= 0.6 is 11.6 Å². The zero-order chi connectivity index (χ0) is 17.2. The van der Waals surface area contributed by atoms with Crippen molar-refractivity contribution in [1.82, 2.24) is 19.9 Å². The van der Waals surface area contributed by atoms with Crippen LogP contribution < -0.4 is 5.32 Å². The molecule has 2 aromatic heterocycles. The van der Waals surface area contributed by atoms with Gasteiger partial charge in [-0.15, -0.1) is 0 Å². The number of aromatic nitrogens is 3. The van der Waals surface area contributed by atoms with E-state index in [1.807, 2.05) is 47.2 Å². The Kier molecular flexibility index (Phi) is 4.24. The third-order valence-corrected chi connectivity index (χ3v) is 4.68. The molecule has 1 amide bonds. The number of halogens is 1. The summed E-state index contributed by atoms with van der Waals surface area (Å²) >= 11 is 6.02. The molecule has 1 aliphatic carbocycles. The zero-order valence-electron chi connectivity index (χ0n) is 13.5. The van der Waals surface area contributed by atoms with Gasteiger partial charge in [-0.05, 0) is 41.7 Å². The Bertz CT molecular complexity index is 877. The van der Waals surface area contributed by atoms with Crippen LogP contribution in [0.15, 0.2) is 61.3 Å². The van der Waals surface area contributed by atoms with Crippen LogP contribution in [-0.2, 0) is 11.3 Å². The van der Waals surface area contributed by atoms with Crippen molar-refractivity contribution in [2.75, 3.05) is 0 Å². The zero-order valence-corrected chi connectivity index (χ0v) is 14.2. The minimum Gasteiger partial charge on any atom is -0.352 e. The lowest BCUT2D eigenvalue weighted by molar-refractivity contribution is -0.122. The summed E-state index contributed by atoms with van der Waals surface area (Å²) in [5.74, 6) is 1.21. The first-order valence-electron chi connectivity index (χ1n) is 8.17. The number of nitrogens with zero attached hydrogens (tertiary/aromatic N) is 3. The van der Waals surface area contributed by atoms with E-state index in [0.29, 0.717) is 11.6 Å². The number of amides is 1. The lowest BCUT2D eigenvalue weighted by Crippen LogP contribution is -2.25. The van der Waals surface area contributed by atoms with Crippen LogP contribution in [0.1, 0.15) is 23.5 Å². The Balaban J connectivity index is 1.32. The summed E-state index contributed by atoms with van der Waals surface area (Å²) in [7, 11) is 0. The number of hydrogen-bond donors (Lipinski definition) is 1. The molecule has 4 rings (SSSR count). The molecule has 1 fully saturated rings. The van der Waals surface area contributed by atoms with Gasteiger partial charge in [0, 0.05) is 36.1 Å². The van der Waals surface area contributed by atoms with Crippen LogP contribution in [0.25, 0.3) is 5.82 Å². The minimum atomic E-state index is 0.0386. The molecule has 3 aromatic rings. The van der Waals surface area contributed by atoms with E-state index in [4.69, 9.17) is 11.6 Å². The van der Waals surface area contributed by atoms with Gasteiger partial charge in [-0.25, -0.2) is 9.97 Å². The highest BCUT2D eigenvalue weighted by Crippen LogP contribution is 2.47. The van der Waals surface area contributed by atoms with Crippen LogP contribution in [0.5, 0.6) is 0 Å². The quantitative estimate of drug-likeness (QED) is 0.766. The Hall–Kier alpha value is -2.66. The van der Waals surface area contributed by atoms with E-state index in [-0.39, 0.29) is 17.7 Å². The van der Waals surface area contributed by atoms with Gasteiger partial charge in [0.15, 0.2) is 0 Å². The van der Waals surface area contributed by atoms with E-state index < -0.39 is 0 Å². The maximum absolute atomic E-state index is 12.3. The Morgan fingerprint density at radius 2 is 2.24 bits per heavy atom. The highest BCUT2D eigenvalue weighted by Gasteiger charge is 2.43. The number of carbonyl (C=O) groups is 1. The molecule has 0 unspecified atom stereocenters. The van der Waals surface area contributed by atoms with Crippen LogP contribution in [0.3, 0.4) is 0 Å². The smallest absolute Gasteiger partial charge is 0.224 e. The molecule has 6 heteroatoms. The maximum atomic E-state index is 12.3. The summed E-state index contributed by atoms with van der Waals surface area (Å²) in [4.78, 5) is 20.7. The number of rotatable bonds is 5. The Labute approximate surface area is 150 Å². The lowest BCUT2D eigenvalue weighted by Gasteiger charge is -2.07. The van der Waals surface area contributed by atoms with Gasteiger partial charge in [-0.3, -0.25) is 9.36 Å². The van der Waals surface area contributed by atoms with Gasteiger partial charge in [-0.1, -0.05) is 29.8 Å². The van der Waals surface area contributed by atoms with Crippen molar-refractivity contribution in [3.8, 4) is 5.82 Å². The van der Waals surface area contributed by atoms with Gasteiger partial charge in [-0.2, -0.15) is 0 Å². The molecule has 1 aliphatic rings. The molecule has 126 valence electrons. The third-order valence-electron chi connectivity index (χ3n) is 4.45. The molecular weight excluding hydrogens is 336 g/mol. The van der Waals surface area contributed by atoms with Gasteiger partial charge >= 0.3 is 0 Å². The summed E-state index contributed by atoms with van der Waals surface area (Å²) < 4.78 is 1.84. The fourth-order valence-electron chi connectivity index (χ4n) is 2.98. The van der Waals surface area contributed by atoms with Crippen molar-refractivity contribution in [3.05, 3.63) is 77.5 Å². The first-order valence-corrected chi connectivity index (χ1v) is 8.55. The molecule has 0 spiro atoms. The fraction of sp³-hybridized carbons (Fsp3) is 0.211. The first kappa shape index (κ1) is 15.8. The second-order valence-corrected chi connectivity index (χ2v) is 6.65. The average molecular weight is 353 g/mol. The minimum absolute atomic E-state index is 0.0386. The molecule has 25 heavy (non-hydrogen) atoms. The van der Waals surface area contributed by atoms with Gasteiger partial charge in [0.1, 0.15) is 12.1 Å². The summed E-state index contributed by atoms with van der Waals surface area (Å²) in [5, 5.41) is 3.71. The van der Waals surface area contributed by atoms with Crippen molar-refractivity contribution >= 4 is 17.5 Å². The largest absolute Gasteiger partial charge is 0.352 e. The SMILES string of the molecule is O=C(NCc1ccc(-n2ccnc2)nc1)[C@H]1C[C@@H]1c1cccc(Cl)c1. The van der Waals surface area contributed by atoms with Crippen molar-refractivity contribution in [1.29, 1.82) is 0 Å². The van der Waals surface area contributed by atoms with E-state index in [0.717, 1.165) is 23.4 Å². The summed E-state index contributed by atoms with van der Waals surface area (Å²) in [6.07, 6.45) is 7.91. The summed E-state index contributed by atoms with van der Waals surface area (Å²) in [6, 6.07) is 11.6. The van der Waals surface area contributed by atoms with Crippen LogP contribution in [-0.4, -0.2) is 20.4 Å². The molecule has 0 radical (unpaired) electrons. The van der Waals surface area contributed by atoms with E-state index >= 15 is 0 Å². The van der Waals surface area contributed by atoms with E-state index in [1.54, 1.807) is 18.7 Å². The second kappa shape index (κ2) is 6.69.